The third-order valence-electron chi connectivity index (χ3n) is 2.25. The van der Waals surface area contributed by atoms with Crippen molar-refractivity contribution in [3.05, 3.63) is 11.8 Å². The molecule has 0 radical (unpaired) electrons. The molecule has 17 heavy (non-hydrogen) atoms. The van der Waals surface area contributed by atoms with Crippen molar-refractivity contribution in [1.29, 1.82) is 0 Å². The van der Waals surface area contributed by atoms with Crippen LogP contribution >= 0.6 is 0 Å². The van der Waals surface area contributed by atoms with Crippen LogP contribution < -0.4 is 10.1 Å². The quantitative estimate of drug-likeness (QED) is 0.789. The van der Waals surface area contributed by atoms with E-state index < -0.39 is 0 Å². The van der Waals surface area contributed by atoms with Gasteiger partial charge in [0.2, 0.25) is 11.8 Å². The van der Waals surface area contributed by atoms with Crippen LogP contribution in [0.15, 0.2) is 6.07 Å². The Morgan fingerprint density at radius 3 is 2.82 bits per heavy atom. The second-order valence-electron chi connectivity index (χ2n) is 3.93. The lowest BCUT2D eigenvalue weighted by atomic mass is 10.2. The predicted octanol–water partition coefficient (Wildman–Crippen LogP) is 2.02. The third kappa shape index (κ3) is 4.99. The molecule has 1 unspecified atom stereocenters. The van der Waals surface area contributed by atoms with Crippen LogP contribution in [0.1, 0.15) is 26.0 Å². The second kappa shape index (κ2) is 7.06. The predicted molar refractivity (Wildman–Crippen MR) is 67.5 cm³/mol. The van der Waals surface area contributed by atoms with Crippen molar-refractivity contribution >= 4 is 5.95 Å². The van der Waals surface area contributed by atoms with E-state index in [2.05, 4.69) is 22.2 Å². The molecule has 5 heteroatoms. The van der Waals surface area contributed by atoms with Crippen LogP contribution in [0.4, 0.5) is 5.95 Å². The van der Waals surface area contributed by atoms with Crippen LogP contribution in [0, 0.1) is 6.92 Å². The summed E-state index contributed by atoms with van der Waals surface area (Å²) in [5.41, 5.74) is 0.893. The van der Waals surface area contributed by atoms with Gasteiger partial charge in [-0.2, -0.15) is 4.98 Å². The maximum absolute atomic E-state index is 5.37. The van der Waals surface area contributed by atoms with Gasteiger partial charge in [-0.25, -0.2) is 4.98 Å². The van der Waals surface area contributed by atoms with Gasteiger partial charge in [0.15, 0.2) is 0 Å². The van der Waals surface area contributed by atoms with Gasteiger partial charge in [0.1, 0.15) is 0 Å². The molecule has 0 saturated heterocycles. The fourth-order valence-electron chi connectivity index (χ4n) is 1.41. The highest BCUT2D eigenvalue weighted by molar-refractivity contribution is 5.31. The normalized spacial score (nSPS) is 12.2. The smallest absolute Gasteiger partial charge is 0.226 e. The Morgan fingerprint density at radius 1 is 1.41 bits per heavy atom. The molecule has 1 rings (SSSR count). The number of ether oxygens (including phenoxy) is 2. The number of anilines is 1. The number of methoxy groups -OCH3 is 1. The molecule has 1 aromatic heterocycles. The minimum atomic E-state index is 0.270. The molecule has 96 valence electrons. The maximum Gasteiger partial charge on any atom is 0.226 e. The van der Waals surface area contributed by atoms with Crippen molar-refractivity contribution in [3.63, 3.8) is 0 Å². The molecular formula is C12H21N3O2. The molecular weight excluding hydrogens is 218 g/mol. The SMILES string of the molecule is CCOc1cc(C)nc(NC(C)CCOC)n1. The van der Waals surface area contributed by atoms with Crippen LogP contribution in [-0.2, 0) is 4.74 Å². The Balaban J connectivity index is 2.63. The van der Waals surface area contributed by atoms with Crippen LogP contribution in [0.3, 0.4) is 0 Å². The summed E-state index contributed by atoms with van der Waals surface area (Å²) in [7, 11) is 1.70. The molecule has 0 aliphatic rings. The molecule has 1 aromatic rings. The monoisotopic (exact) mass is 239 g/mol. The first-order valence-corrected chi connectivity index (χ1v) is 5.89. The maximum atomic E-state index is 5.37. The van der Waals surface area contributed by atoms with E-state index in [1.165, 1.54) is 0 Å². The summed E-state index contributed by atoms with van der Waals surface area (Å²) in [6, 6.07) is 2.10. The zero-order chi connectivity index (χ0) is 12.7. The van der Waals surface area contributed by atoms with Gasteiger partial charge in [0.05, 0.1) is 6.61 Å². The van der Waals surface area contributed by atoms with Crippen molar-refractivity contribution in [1.82, 2.24) is 9.97 Å². The molecule has 0 aliphatic heterocycles. The fraction of sp³-hybridized carbons (Fsp3) is 0.667. The standard InChI is InChI=1S/C12H21N3O2/c1-5-17-11-8-10(3)14-12(15-11)13-9(2)6-7-16-4/h8-9H,5-7H2,1-4H3,(H,13,14,15). The van der Waals surface area contributed by atoms with E-state index in [1.807, 2.05) is 19.9 Å². The zero-order valence-corrected chi connectivity index (χ0v) is 11.0. The Kier molecular flexibility index (Phi) is 5.69. The molecule has 0 bridgehead atoms. The highest BCUT2D eigenvalue weighted by Gasteiger charge is 2.06. The number of hydrogen-bond donors (Lipinski definition) is 1. The van der Waals surface area contributed by atoms with Gasteiger partial charge in [0.25, 0.3) is 0 Å². The van der Waals surface area contributed by atoms with E-state index >= 15 is 0 Å². The van der Waals surface area contributed by atoms with E-state index in [1.54, 1.807) is 7.11 Å². The van der Waals surface area contributed by atoms with E-state index in [4.69, 9.17) is 9.47 Å². The molecule has 0 aromatic carbocycles. The summed E-state index contributed by atoms with van der Waals surface area (Å²) >= 11 is 0. The highest BCUT2D eigenvalue weighted by Crippen LogP contribution is 2.13. The molecule has 1 atom stereocenters. The number of aromatic nitrogens is 2. The number of nitrogens with zero attached hydrogens (tertiary/aromatic N) is 2. The largest absolute Gasteiger partial charge is 0.478 e. The van der Waals surface area contributed by atoms with Gasteiger partial charge in [0, 0.05) is 31.5 Å². The first-order chi connectivity index (χ1) is 8.15. The summed E-state index contributed by atoms with van der Waals surface area (Å²) in [5, 5.41) is 3.23. The summed E-state index contributed by atoms with van der Waals surface area (Å²) in [5.74, 6) is 1.22. The molecule has 5 nitrogen and oxygen atoms in total. The lowest BCUT2D eigenvalue weighted by Gasteiger charge is -2.14. The lowest BCUT2D eigenvalue weighted by Crippen LogP contribution is -2.19. The summed E-state index contributed by atoms with van der Waals surface area (Å²) < 4.78 is 10.4. The summed E-state index contributed by atoms with van der Waals surface area (Å²) in [6.45, 7) is 7.26. The second-order valence-corrected chi connectivity index (χ2v) is 3.93. The van der Waals surface area contributed by atoms with Crippen molar-refractivity contribution < 1.29 is 9.47 Å². The fourth-order valence-corrected chi connectivity index (χ4v) is 1.41. The average Bonchev–Trinajstić information content (AvgIpc) is 2.26. The number of rotatable bonds is 7. The van der Waals surface area contributed by atoms with Crippen LogP contribution in [-0.4, -0.2) is 36.3 Å². The van der Waals surface area contributed by atoms with Crippen LogP contribution in [0.2, 0.25) is 0 Å². The Bertz CT molecular complexity index is 345. The Morgan fingerprint density at radius 2 is 2.18 bits per heavy atom. The molecule has 1 heterocycles. The van der Waals surface area contributed by atoms with Crippen LogP contribution in [0.5, 0.6) is 5.88 Å². The first kappa shape index (κ1) is 13.7. The molecule has 0 amide bonds. The van der Waals surface area contributed by atoms with Crippen molar-refractivity contribution in [2.24, 2.45) is 0 Å². The van der Waals surface area contributed by atoms with E-state index in [-0.39, 0.29) is 6.04 Å². The molecule has 1 N–H and O–H groups in total. The Labute approximate surface area is 103 Å². The minimum Gasteiger partial charge on any atom is -0.478 e. The van der Waals surface area contributed by atoms with Gasteiger partial charge in [-0.1, -0.05) is 0 Å². The zero-order valence-electron chi connectivity index (χ0n) is 11.0. The van der Waals surface area contributed by atoms with Crippen molar-refractivity contribution in [3.8, 4) is 5.88 Å². The van der Waals surface area contributed by atoms with E-state index in [0.717, 1.165) is 18.7 Å². The first-order valence-electron chi connectivity index (χ1n) is 5.89. The third-order valence-corrected chi connectivity index (χ3v) is 2.25. The molecule has 0 saturated carbocycles. The highest BCUT2D eigenvalue weighted by atomic mass is 16.5. The van der Waals surface area contributed by atoms with Crippen LogP contribution in [0.25, 0.3) is 0 Å². The average molecular weight is 239 g/mol. The van der Waals surface area contributed by atoms with E-state index in [9.17, 15) is 0 Å². The topological polar surface area (TPSA) is 56.3 Å². The number of aryl methyl sites for hydroxylation is 1. The number of hydrogen-bond acceptors (Lipinski definition) is 5. The molecule has 0 fully saturated rings. The summed E-state index contributed by atoms with van der Waals surface area (Å²) in [4.78, 5) is 8.61. The van der Waals surface area contributed by atoms with Gasteiger partial charge in [-0.15, -0.1) is 0 Å². The van der Waals surface area contributed by atoms with Crippen molar-refractivity contribution in [2.75, 3.05) is 25.6 Å². The molecule has 0 spiro atoms. The van der Waals surface area contributed by atoms with E-state index in [0.29, 0.717) is 18.4 Å². The Hall–Kier alpha value is -1.36. The number of nitrogens with one attached hydrogen (secondary N) is 1. The minimum absolute atomic E-state index is 0.270. The van der Waals surface area contributed by atoms with Crippen molar-refractivity contribution in [2.45, 2.75) is 33.2 Å². The van der Waals surface area contributed by atoms with Gasteiger partial charge < -0.3 is 14.8 Å². The van der Waals surface area contributed by atoms with Gasteiger partial charge in [-0.05, 0) is 27.2 Å². The van der Waals surface area contributed by atoms with Gasteiger partial charge >= 0.3 is 0 Å². The summed E-state index contributed by atoms with van der Waals surface area (Å²) in [6.07, 6.45) is 0.914. The molecule has 0 aliphatic carbocycles. The lowest BCUT2D eigenvalue weighted by molar-refractivity contribution is 0.191. The van der Waals surface area contributed by atoms with Gasteiger partial charge in [-0.3, -0.25) is 0 Å².